The van der Waals surface area contributed by atoms with Crippen LogP contribution in [0.25, 0.3) is 121 Å². The van der Waals surface area contributed by atoms with Crippen LogP contribution in [-0.4, -0.2) is 16.1 Å². The zero-order chi connectivity index (χ0) is 45.3. The van der Waals surface area contributed by atoms with Crippen molar-refractivity contribution in [3.8, 4) is 5.69 Å². The normalized spacial score (nSPS) is 17.1. The van der Waals surface area contributed by atoms with Gasteiger partial charge >= 0.3 is 0 Å². The van der Waals surface area contributed by atoms with Crippen LogP contribution < -0.4 is 0 Å². The van der Waals surface area contributed by atoms with Gasteiger partial charge in [-0.15, -0.1) is 0 Å². The summed E-state index contributed by atoms with van der Waals surface area (Å²) in [5, 5.41) is 13.4. The lowest BCUT2D eigenvalue weighted by atomic mass is 9.91. The Balaban J connectivity index is 1.05. The predicted octanol–water partition coefficient (Wildman–Crippen LogP) is 17.1. The van der Waals surface area contributed by atoms with Crippen LogP contribution in [0, 0.1) is 5.92 Å². The van der Waals surface area contributed by atoms with E-state index >= 15 is 0 Å². The topological polar surface area (TPSA) is 69.1 Å². The van der Waals surface area contributed by atoms with Crippen molar-refractivity contribution in [3.63, 3.8) is 0 Å². The molecule has 0 fully saturated rings. The Morgan fingerprint density at radius 3 is 1.51 bits per heavy atom. The minimum Gasteiger partial charge on any atom is -0.456 e. The van der Waals surface area contributed by atoms with Crippen molar-refractivity contribution in [2.75, 3.05) is 0 Å². The largest absolute Gasteiger partial charge is 0.456 e. The van der Waals surface area contributed by atoms with Crippen molar-refractivity contribution in [2.24, 2.45) is 15.9 Å². The highest BCUT2D eigenvalue weighted by atomic mass is 16.3. The lowest BCUT2D eigenvalue weighted by Crippen LogP contribution is -2.19. The fourth-order valence-corrected chi connectivity index (χ4v) is 11.1. The second kappa shape index (κ2) is 14.5. The molecular weight excluding hydrogens is 847 g/mol. The Labute approximate surface area is 394 Å². The van der Waals surface area contributed by atoms with Gasteiger partial charge in [0.2, 0.25) is 0 Å². The van der Waals surface area contributed by atoms with Crippen molar-refractivity contribution >= 4 is 126 Å². The Morgan fingerprint density at radius 2 is 0.899 bits per heavy atom. The number of fused-ring (bicyclic) bond motifs is 14. The Kier molecular flexibility index (Phi) is 8.01. The molecule has 6 heteroatoms. The number of benzene rings is 10. The van der Waals surface area contributed by atoms with Crippen LogP contribution in [-0.2, 0) is 0 Å². The molecule has 0 spiro atoms. The molecule has 0 amide bonds. The summed E-state index contributed by atoms with van der Waals surface area (Å²) in [6.07, 6.45) is 2.94. The molecule has 1 unspecified atom stereocenters. The highest BCUT2D eigenvalue weighted by Gasteiger charge is 2.27. The van der Waals surface area contributed by atoms with Crippen LogP contribution in [0.4, 0.5) is 0 Å². The molecule has 69 heavy (non-hydrogen) atoms. The third-order valence-corrected chi connectivity index (χ3v) is 14.4. The smallest absolute Gasteiger partial charge is 0.163 e. The minimum atomic E-state index is -0.0700. The fourth-order valence-electron chi connectivity index (χ4n) is 11.1. The number of furan rings is 3. The summed E-state index contributed by atoms with van der Waals surface area (Å²) >= 11 is 0. The average molecular weight is 886 g/mol. The molecule has 5 heterocycles. The van der Waals surface area contributed by atoms with Gasteiger partial charge in [-0.25, -0.2) is 9.98 Å². The van der Waals surface area contributed by atoms with Crippen LogP contribution in [0.15, 0.2) is 223 Å². The van der Waals surface area contributed by atoms with Crippen molar-refractivity contribution in [1.29, 1.82) is 0 Å². The van der Waals surface area contributed by atoms with E-state index in [-0.39, 0.29) is 5.92 Å². The maximum absolute atomic E-state index is 6.77. The summed E-state index contributed by atoms with van der Waals surface area (Å²) < 4.78 is 22.6. The van der Waals surface area contributed by atoms with Gasteiger partial charge in [0, 0.05) is 66.2 Å². The Morgan fingerprint density at radius 1 is 0.406 bits per heavy atom. The summed E-state index contributed by atoms with van der Waals surface area (Å²) in [7, 11) is 0. The SMILES string of the molecule is CC1C/C=C(c2cccc3c2oc2ccccc23)/N=C(c2cccc3c2oc2ccccc23)\N=C/1c1cc2c(cc1-n1c3cc4ccccc4cc3c3cc4ccccc4cc31)oc1ccccc12. The third kappa shape index (κ3) is 5.72. The first-order valence-electron chi connectivity index (χ1n) is 23.6. The van der Waals surface area contributed by atoms with E-state index in [1.54, 1.807) is 0 Å². The van der Waals surface area contributed by atoms with Crippen molar-refractivity contribution in [2.45, 2.75) is 13.3 Å². The van der Waals surface area contributed by atoms with E-state index in [1.807, 2.05) is 30.3 Å². The number of nitrogens with zero attached hydrogens (tertiary/aromatic N) is 3. The number of allylic oxidation sites excluding steroid dienone is 1. The molecule has 324 valence electrons. The maximum Gasteiger partial charge on any atom is 0.163 e. The first-order valence-corrected chi connectivity index (χ1v) is 23.6. The van der Waals surface area contributed by atoms with Crippen LogP contribution in [0.5, 0.6) is 0 Å². The predicted molar refractivity (Wildman–Crippen MR) is 285 cm³/mol. The molecule has 15 rings (SSSR count). The fraction of sp³-hybridized carbons (Fsp3) is 0.0476. The van der Waals surface area contributed by atoms with E-state index in [2.05, 4.69) is 181 Å². The standard InChI is InChI=1S/C63H39N3O3/c1-36-28-29-52(46-23-12-21-44-41-18-6-10-26-57(41)68-61(44)46)64-63(47-24-13-22-45-42-19-7-11-27-58(42)69-62(45)47)65-60(36)51-34-50-43-20-8-9-25-56(43)67-59(50)35-55(51)66-53-32-39-16-4-2-14-37(39)30-48(53)49-31-38-15-3-5-17-40(38)33-54(49)66/h2-27,29-36H,28H2,1H3/b52-29+,64-63-,65-60+. The highest BCUT2D eigenvalue weighted by Crippen LogP contribution is 2.43. The molecule has 0 radical (unpaired) electrons. The summed E-state index contributed by atoms with van der Waals surface area (Å²) in [6, 6.07) is 68.6. The Bertz CT molecular complexity index is 4520. The molecule has 6 nitrogen and oxygen atoms in total. The number of hydrogen-bond acceptors (Lipinski definition) is 5. The molecule has 4 aromatic heterocycles. The molecule has 14 aromatic rings. The summed E-state index contributed by atoms with van der Waals surface area (Å²) in [6.45, 7) is 2.29. The van der Waals surface area contributed by atoms with Gasteiger partial charge in [0.25, 0.3) is 0 Å². The van der Waals surface area contributed by atoms with Gasteiger partial charge in [-0.2, -0.15) is 0 Å². The molecule has 1 aliphatic rings. The van der Waals surface area contributed by atoms with Crippen LogP contribution in [0.1, 0.15) is 30.0 Å². The van der Waals surface area contributed by atoms with Crippen LogP contribution in [0.3, 0.4) is 0 Å². The van der Waals surface area contributed by atoms with Crippen LogP contribution in [0.2, 0.25) is 0 Å². The van der Waals surface area contributed by atoms with E-state index in [1.165, 1.54) is 32.3 Å². The second-order valence-corrected chi connectivity index (χ2v) is 18.5. The first-order chi connectivity index (χ1) is 34.1. The summed E-state index contributed by atoms with van der Waals surface area (Å²) in [5.74, 6) is 0.488. The van der Waals surface area contributed by atoms with E-state index in [0.717, 1.165) is 111 Å². The number of aromatic nitrogens is 1. The second-order valence-electron chi connectivity index (χ2n) is 18.5. The zero-order valence-electron chi connectivity index (χ0n) is 37.4. The van der Waals surface area contributed by atoms with E-state index in [4.69, 9.17) is 23.2 Å². The van der Waals surface area contributed by atoms with Crippen LogP contribution >= 0.6 is 0 Å². The van der Waals surface area contributed by atoms with Gasteiger partial charge in [0.15, 0.2) is 5.84 Å². The molecule has 10 aromatic carbocycles. The van der Waals surface area contributed by atoms with Crippen molar-refractivity contribution in [1.82, 2.24) is 4.57 Å². The number of amidine groups is 1. The molecule has 0 N–H and O–H groups in total. The van der Waals surface area contributed by atoms with E-state index < -0.39 is 0 Å². The first kappa shape index (κ1) is 38.1. The van der Waals surface area contributed by atoms with Gasteiger partial charge in [-0.05, 0) is 88.6 Å². The van der Waals surface area contributed by atoms with Gasteiger partial charge in [-0.3, -0.25) is 0 Å². The van der Waals surface area contributed by atoms with Crippen molar-refractivity contribution in [3.05, 3.63) is 217 Å². The molecule has 1 atom stereocenters. The van der Waals surface area contributed by atoms with E-state index in [0.29, 0.717) is 12.3 Å². The zero-order valence-corrected chi connectivity index (χ0v) is 37.4. The molecular formula is C63H39N3O3. The number of para-hydroxylation sites is 5. The average Bonchev–Trinajstić information content (AvgIpc) is 4.15. The maximum atomic E-state index is 6.77. The number of aliphatic imine (C=N–C) groups is 2. The molecule has 0 saturated heterocycles. The van der Waals surface area contributed by atoms with Crippen molar-refractivity contribution < 1.29 is 13.3 Å². The lowest BCUT2D eigenvalue weighted by molar-refractivity contribution is 0.667. The van der Waals surface area contributed by atoms with E-state index in [9.17, 15) is 0 Å². The van der Waals surface area contributed by atoms with Gasteiger partial charge < -0.3 is 17.8 Å². The highest BCUT2D eigenvalue weighted by molar-refractivity contribution is 6.24. The molecule has 1 aliphatic heterocycles. The summed E-state index contributed by atoms with van der Waals surface area (Å²) in [4.78, 5) is 11.5. The quantitative estimate of drug-likeness (QED) is 0.177. The number of rotatable bonds is 4. The van der Waals surface area contributed by atoms with Gasteiger partial charge in [0.05, 0.1) is 33.7 Å². The number of hydrogen-bond donors (Lipinski definition) is 0. The molecule has 0 saturated carbocycles. The Hall–Kier alpha value is -9.00. The third-order valence-electron chi connectivity index (χ3n) is 14.4. The van der Waals surface area contributed by atoms with Gasteiger partial charge in [-0.1, -0.05) is 140 Å². The monoisotopic (exact) mass is 885 g/mol. The minimum absolute atomic E-state index is 0.0700. The lowest BCUT2D eigenvalue weighted by Gasteiger charge is -2.22. The summed E-state index contributed by atoms with van der Waals surface area (Å²) in [5.41, 5.74) is 12.5. The molecule has 0 aliphatic carbocycles. The molecule has 0 bridgehead atoms. The van der Waals surface area contributed by atoms with Gasteiger partial charge in [0.1, 0.15) is 33.5 Å².